The Morgan fingerprint density at radius 1 is 1.38 bits per heavy atom. The second-order valence-electron chi connectivity index (χ2n) is 3.87. The second-order valence-corrected chi connectivity index (χ2v) is 6.13. The van der Waals surface area contributed by atoms with E-state index in [4.69, 9.17) is 5.73 Å². The van der Waals surface area contributed by atoms with Gasteiger partial charge < -0.3 is 5.73 Å². The monoisotopic (exact) mass is 241 g/mol. The number of sulfone groups is 1. The Kier molecular flexibility index (Phi) is 3.70. The molecule has 0 saturated heterocycles. The highest BCUT2D eigenvalue weighted by Crippen LogP contribution is 2.14. The lowest BCUT2D eigenvalue weighted by atomic mass is 10.1. The van der Waals surface area contributed by atoms with Crippen LogP contribution in [0.15, 0.2) is 18.2 Å². The largest absolute Gasteiger partial charge is 0.399 e. The lowest BCUT2D eigenvalue weighted by Gasteiger charge is -2.04. The molecule has 4 nitrogen and oxygen atoms in total. The van der Waals surface area contributed by atoms with E-state index in [-0.39, 0.29) is 18.0 Å². The minimum atomic E-state index is -3.09. The molecule has 1 rings (SSSR count). The number of Topliss-reactive ketones (excluding diaryl/α,β-unsaturated/α-hetero) is 1. The minimum Gasteiger partial charge on any atom is -0.399 e. The Labute approximate surface area is 95.4 Å². The number of anilines is 1. The number of benzene rings is 1. The van der Waals surface area contributed by atoms with Crippen molar-refractivity contribution in [1.82, 2.24) is 0 Å². The average Bonchev–Trinajstić information content (AvgIpc) is 2.17. The van der Waals surface area contributed by atoms with Gasteiger partial charge in [-0.15, -0.1) is 0 Å². The van der Waals surface area contributed by atoms with Gasteiger partial charge in [0.2, 0.25) is 0 Å². The fourth-order valence-corrected chi connectivity index (χ4v) is 1.83. The molecule has 0 amide bonds. The molecular weight excluding hydrogens is 226 g/mol. The molecule has 1 aromatic carbocycles. The third-order valence-corrected chi connectivity index (χ3v) is 3.24. The van der Waals surface area contributed by atoms with Crippen molar-refractivity contribution in [3.8, 4) is 0 Å². The van der Waals surface area contributed by atoms with Gasteiger partial charge in [-0.25, -0.2) is 8.42 Å². The standard InChI is InChI=1S/C11H15NO3S/c1-8-7-9(3-4-10(8)12)11(13)5-6-16(2,14)15/h3-4,7H,5-6,12H2,1-2H3. The number of carbonyl (C=O) groups is 1. The minimum absolute atomic E-state index is 0.0161. The molecule has 0 aliphatic carbocycles. The summed E-state index contributed by atoms with van der Waals surface area (Å²) in [6.07, 6.45) is 1.14. The summed E-state index contributed by atoms with van der Waals surface area (Å²) in [6, 6.07) is 4.95. The predicted molar refractivity (Wildman–Crippen MR) is 64.2 cm³/mol. The fraction of sp³-hybridized carbons (Fsp3) is 0.364. The molecule has 0 aromatic heterocycles. The summed E-state index contributed by atoms with van der Waals surface area (Å²) in [6.45, 7) is 1.81. The number of hydrogen-bond acceptors (Lipinski definition) is 4. The van der Waals surface area contributed by atoms with Gasteiger partial charge in [0.05, 0.1) is 5.75 Å². The second kappa shape index (κ2) is 4.65. The molecule has 5 heteroatoms. The predicted octanol–water partition coefficient (Wildman–Crippen LogP) is 1.19. The van der Waals surface area contributed by atoms with Crippen LogP contribution in [-0.4, -0.2) is 26.2 Å². The Morgan fingerprint density at radius 2 is 2.00 bits per heavy atom. The molecule has 0 spiro atoms. The first-order chi connectivity index (χ1) is 7.29. The molecule has 0 radical (unpaired) electrons. The lowest BCUT2D eigenvalue weighted by molar-refractivity contribution is 0.0988. The first kappa shape index (κ1) is 12.7. The van der Waals surface area contributed by atoms with Crippen molar-refractivity contribution in [3.63, 3.8) is 0 Å². The molecule has 0 heterocycles. The lowest BCUT2D eigenvalue weighted by Crippen LogP contribution is -2.09. The van der Waals surface area contributed by atoms with Crippen molar-refractivity contribution in [2.75, 3.05) is 17.7 Å². The molecule has 1 aromatic rings. The van der Waals surface area contributed by atoms with E-state index < -0.39 is 9.84 Å². The van der Waals surface area contributed by atoms with E-state index >= 15 is 0 Å². The van der Waals surface area contributed by atoms with Crippen LogP contribution in [0.2, 0.25) is 0 Å². The summed E-state index contributed by atoms with van der Waals surface area (Å²) < 4.78 is 21.8. The van der Waals surface area contributed by atoms with Crippen LogP contribution in [0.4, 0.5) is 5.69 Å². The highest BCUT2D eigenvalue weighted by Gasteiger charge is 2.10. The molecule has 0 saturated carbocycles. The number of nitrogen functional groups attached to an aromatic ring is 1. The van der Waals surface area contributed by atoms with Gasteiger partial charge in [0, 0.05) is 23.9 Å². The average molecular weight is 241 g/mol. The third kappa shape index (κ3) is 3.66. The Balaban J connectivity index is 2.78. The van der Waals surface area contributed by atoms with Crippen molar-refractivity contribution < 1.29 is 13.2 Å². The van der Waals surface area contributed by atoms with Crippen molar-refractivity contribution in [3.05, 3.63) is 29.3 Å². The topological polar surface area (TPSA) is 77.2 Å². The quantitative estimate of drug-likeness (QED) is 0.634. The maximum Gasteiger partial charge on any atom is 0.163 e. The van der Waals surface area contributed by atoms with Crippen LogP contribution >= 0.6 is 0 Å². The Morgan fingerprint density at radius 3 is 2.50 bits per heavy atom. The van der Waals surface area contributed by atoms with Gasteiger partial charge in [-0.1, -0.05) is 0 Å². The molecule has 16 heavy (non-hydrogen) atoms. The van der Waals surface area contributed by atoms with Gasteiger partial charge in [-0.2, -0.15) is 0 Å². The van der Waals surface area contributed by atoms with E-state index in [2.05, 4.69) is 0 Å². The zero-order chi connectivity index (χ0) is 12.3. The molecule has 0 fully saturated rings. The summed E-state index contributed by atoms with van der Waals surface area (Å²) >= 11 is 0. The van der Waals surface area contributed by atoms with Crippen LogP contribution in [0, 0.1) is 6.92 Å². The number of rotatable bonds is 4. The molecule has 88 valence electrons. The van der Waals surface area contributed by atoms with Crippen LogP contribution in [-0.2, 0) is 9.84 Å². The van der Waals surface area contributed by atoms with E-state index in [1.54, 1.807) is 18.2 Å². The third-order valence-electron chi connectivity index (χ3n) is 2.29. The fourth-order valence-electron chi connectivity index (χ4n) is 1.27. The van der Waals surface area contributed by atoms with Crippen molar-refractivity contribution in [1.29, 1.82) is 0 Å². The van der Waals surface area contributed by atoms with Crippen LogP contribution < -0.4 is 5.73 Å². The number of carbonyl (C=O) groups excluding carboxylic acids is 1. The van der Waals surface area contributed by atoms with Gasteiger partial charge in [-0.3, -0.25) is 4.79 Å². The van der Waals surface area contributed by atoms with Crippen LogP contribution in [0.3, 0.4) is 0 Å². The van der Waals surface area contributed by atoms with E-state index in [1.165, 1.54) is 0 Å². The van der Waals surface area contributed by atoms with E-state index in [1.807, 2.05) is 6.92 Å². The number of hydrogen-bond donors (Lipinski definition) is 1. The van der Waals surface area contributed by atoms with Gasteiger partial charge in [-0.05, 0) is 30.7 Å². The van der Waals surface area contributed by atoms with Crippen LogP contribution in [0.1, 0.15) is 22.3 Å². The normalized spacial score (nSPS) is 11.4. The van der Waals surface area contributed by atoms with Gasteiger partial charge in [0.1, 0.15) is 9.84 Å². The van der Waals surface area contributed by atoms with Gasteiger partial charge in [0.15, 0.2) is 5.78 Å². The molecular formula is C11H15NO3S. The maximum absolute atomic E-state index is 11.6. The maximum atomic E-state index is 11.6. The zero-order valence-electron chi connectivity index (χ0n) is 9.36. The molecule has 0 bridgehead atoms. The highest BCUT2D eigenvalue weighted by atomic mass is 32.2. The summed E-state index contributed by atoms with van der Waals surface area (Å²) in [5.41, 5.74) is 7.58. The molecule has 0 aliphatic rings. The van der Waals surface area contributed by atoms with Crippen molar-refractivity contribution in [2.45, 2.75) is 13.3 Å². The number of ketones is 1. The Bertz CT molecular complexity index is 506. The smallest absolute Gasteiger partial charge is 0.163 e. The van der Waals surface area contributed by atoms with Crippen LogP contribution in [0.5, 0.6) is 0 Å². The number of nitrogens with two attached hydrogens (primary N) is 1. The van der Waals surface area contributed by atoms with E-state index in [0.29, 0.717) is 11.3 Å². The molecule has 0 unspecified atom stereocenters. The molecule has 0 aliphatic heterocycles. The molecule has 2 N–H and O–H groups in total. The first-order valence-electron chi connectivity index (χ1n) is 4.86. The highest BCUT2D eigenvalue weighted by molar-refractivity contribution is 7.90. The van der Waals surface area contributed by atoms with Gasteiger partial charge in [0.25, 0.3) is 0 Å². The van der Waals surface area contributed by atoms with Crippen LogP contribution in [0.25, 0.3) is 0 Å². The van der Waals surface area contributed by atoms with E-state index in [9.17, 15) is 13.2 Å². The number of aryl methyl sites for hydroxylation is 1. The zero-order valence-corrected chi connectivity index (χ0v) is 10.2. The van der Waals surface area contributed by atoms with E-state index in [0.717, 1.165) is 11.8 Å². The SMILES string of the molecule is Cc1cc(C(=O)CCS(C)(=O)=O)ccc1N. The summed E-state index contributed by atoms with van der Waals surface area (Å²) in [5, 5.41) is 0. The van der Waals surface area contributed by atoms with Crippen molar-refractivity contribution in [2.24, 2.45) is 0 Å². The Hall–Kier alpha value is -1.36. The van der Waals surface area contributed by atoms with Gasteiger partial charge >= 0.3 is 0 Å². The van der Waals surface area contributed by atoms with Crippen molar-refractivity contribution >= 4 is 21.3 Å². The molecule has 0 atom stereocenters. The summed E-state index contributed by atoms with van der Waals surface area (Å²) in [5.74, 6) is -0.288. The summed E-state index contributed by atoms with van der Waals surface area (Å²) in [4.78, 5) is 11.6. The summed E-state index contributed by atoms with van der Waals surface area (Å²) in [7, 11) is -3.09. The first-order valence-corrected chi connectivity index (χ1v) is 6.93.